The van der Waals surface area contributed by atoms with Gasteiger partial charge in [0, 0.05) is 18.4 Å². The van der Waals surface area contributed by atoms with Gasteiger partial charge in [-0.25, -0.2) is 8.78 Å². The Balaban J connectivity index is 2.89. The normalized spacial score (nSPS) is 13.9. The van der Waals surface area contributed by atoms with Crippen LogP contribution in [0.5, 0.6) is 0 Å². The van der Waals surface area contributed by atoms with Crippen LogP contribution in [0.1, 0.15) is 49.7 Å². The van der Waals surface area contributed by atoms with Crippen molar-refractivity contribution >= 4 is 5.97 Å². The fourth-order valence-corrected chi connectivity index (χ4v) is 2.16. The fraction of sp³-hybridized carbons (Fsp3) is 0.500. The van der Waals surface area contributed by atoms with Gasteiger partial charge in [-0.05, 0) is 25.0 Å². The molecule has 2 atom stereocenters. The SMILES string of the molecule is CCCC(F)OC(=O)CCC(C#N)c1c(F)cccc1C(F)(F)F. The lowest BCUT2D eigenvalue weighted by Crippen LogP contribution is -2.16. The molecule has 0 N–H and O–H groups in total. The monoisotopic (exact) mass is 349 g/mol. The zero-order valence-corrected chi connectivity index (χ0v) is 12.9. The summed E-state index contributed by atoms with van der Waals surface area (Å²) < 4.78 is 70.3. The van der Waals surface area contributed by atoms with Crippen LogP contribution >= 0.6 is 0 Å². The second kappa shape index (κ2) is 8.62. The molecule has 8 heteroatoms. The molecular weight excluding hydrogens is 333 g/mol. The van der Waals surface area contributed by atoms with E-state index in [0.29, 0.717) is 12.5 Å². The Morgan fingerprint density at radius 2 is 2.00 bits per heavy atom. The van der Waals surface area contributed by atoms with Crippen molar-refractivity contribution in [1.82, 2.24) is 0 Å². The number of nitrogens with zero attached hydrogens (tertiary/aromatic N) is 1. The third-order valence-corrected chi connectivity index (χ3v) is 3.27. The molecule has 1 aromatic carbocycles. The maximum atomic E-state index is 13.8. The zero-order valence-electron chi connectivity index (χ0n) is 12.9. The van der Waals surface area contributed by atoms with Gasteiger partial charge in [0.2, 0.25) is 6.36 Å². The Hall–Kier alpha value is -2.17. The van der Waals surface area contributed by atoms with Crippen LogP contribution in [0.2, 0.25) is 0 Å². The van der Waals surface area contributed by atoms with Crippen LogP contribution in [-0.2, 0) is 15.7 Å². The summed E-state index contributed by atoms with van der Waals surface area (Å²) in [6.07, 6.45) is -7.09. The summed E-state index contributed by atoms with van der Waals surface area (Å²) in [5.41, 5.74) is -2.08. The maximum absolute atomic E-state index is 13.8. The highest BCUT2D eigenvalue weighted by atomic mass is 19.4. The van der Waals surface area contributed by atoms with Gasteiger partial charge in [-0.1, -0.05) is 13.0 Å². The standard InChI is InChI=1S/C16H16F5NO2/c1-2-4-13(18)24-14(23)8-7-10(9-22)15-11(16(19,20)21)5-3-6-12(15)17/h3,5-6,10,13H,2,4,7-8H2,1H3. The van der Waals surface area contributed by atoms with Crippen LogP contribution in [0, 0.1) is 17.1 Å². The summed E-state index contributed by atoms with van der Waals surface area (Å²) in [6, 6.07) is 3.93. The Labute approximate surface area is 136 Å². The summed E-state index contributed by atoms with van der Waals surface area (Å²) in [5, 5.41) is 9.06. The van der Waals surface area contributed by atoms with Crippen molar-refractivity contribution in [3.05, 3.63) is 35.1 Å². The van der Waals surface area contributed by atoms with E-state index >= 15 is 0 Å². The zero-order chi connectivity index (χ0) is 18.3. The van der Waals surface area contributed by atoms with Crippen molar-refractivity contribution in [3.8, 4) is 6.07 Å². The number of ether oxygens (including phenoxy) is 1. The summed E-state index contributed by atoms with van der Waals surface area (Å²) in [6.45, 7) is 1.68. The molecule has 0 fully saturated rings. The van der Waals surface area contributed by atoms with E-state index in [1.165, 1.54) is 0 Å². The Morgan fingerprint density at radius 3 is 2.54 bits per heavy atom. The first kappa shape index (κ1) is 19.9. The summed E-state index contributed by atoms with van der Waals surface area (Å²) in [7, 11) is 0. The third-order valence-electron chi connectivity index (χ3n) is 3.27. The van der Waals surface area contributed by atoms with E-state index in [-0.39, 0.29) is 6.42 Å². The number of hydrogen-bond donors (Lipinski definition) is 0. The third kappa shape index (κ3) is 5.48. The average Bonchev–Trinajstić information content (AvgIpc) is 2.48. The Bertz CT molecular complexity index is 609. The van der Waals surface area contributed by atoms with Crippen molar-refractivity contribution in [2.24, 2.45) is 0 Å². The van der Waals surface area contributed by atoms with E-state index < -0.39 is 54.2 Å². The number of halogens is 5. The quantitative estimate of drug-likeness (QED) is 0.521. The second-order valence-corrected chi connectivity index (χ2v) is 5.11. The van der Waals surface area contributed by atoms with Gasteiger partial charge in [-0.2, -0.15) is 18.4 Å². The van der Waals surface area contributed by atoms with E-state index in [0.717, 1.165) is 12.1 Å². The molecule has 0 radical (unpaired) electrons. The Morgan fingerprint density at radius 1 is 1.33 bits per heavy atom. The minimum absolute atomic E-state index is 0.00104. The fourth-order valence-electron chi connectivity index (χ4n) is 2.16. The molecule has 0 amide bonds. The average molecular weight is 349 g/mol. The van der Waals surface area contributed by atoms with E-state index in [1.54, 1.807) is 13.0 Å². The summed E-state index contributed by atoms with van der Waals surface area (Å²) in [5.74, 6) is -3.67. The van der Waals surface area contributed by atoms with E-state index in [9.17, 15) is 26.7 Å². The molecular formula is C16H16F5NO2. The van der Waals surface area contributed by atoms with Crippen molar-refractivity contribution in [2.75, 3.05) is 0 Å². The lowest BCUT2D eigenvalue weighted by atomic mass is 9.90. The highest BCUT2D eigenvalue weighted by molar-refractivity contribution is 5.69. The summed E-state index contributed by atoms with van der Waals surface area (Å²) >= 11 is 0. The number of benzene rings is 1. The van der Waals surface area contributed by atoms with Gasteiger partial charge in [-0.15, -0.1) is 0 Å². The number of carbonyl (C=O) groups excluding carboxylic acids is 1. The first-order valence-corrected chi connectivity index (χ1v) is 7.29. The lowest BCUT2D eigenvalue weighted by molar-refractivity contribution is -0.158. The number of hydrogen-bond acceptors (Lipinski definition) is 3. The van der Waals surface area contributed by atoms with Gasteiger partial charge in [0.1, 0.15) is 5.82 Å². The minimum Gasteiger partial charge on any atom is -0.431 e. The van der Waals surface area contributed by atoms with Gasteiger partial charge >= 0.3 is 12.1 Å². The molecule has 24 heavy (non-hydrogen) atoms. The highest BCUT2D eigenvalue weighted by Gasteiger charge is 2.37. The van der Waals surface area contributed by atoms with Crippen LogP contribution in [-0.4, -0.2) is 12.3 Å². The summed E-state index contributed by atoms with van der Waals surface area (Å²) in [4.78, 5) is 11.5. The molecule has 0 spiro atoms. The molecule has 132 valence electrons. The van der Waals surface area contributed by atoms with Gasteiger partial charge in [0.05, 0.1) is 17.6 Å². The van der Waals surface area contributed by atoms with Crippen molar-refractivity contribution in [2.45, 2.75) is 51.1 Å². The molecule has 1 rings (SSSR count). The molecule has 1 aromatic rings. The van der Waals surface area contributed by atoms with E-state index in [2.05, 4.69) is 4.74 Å². The van der Waals surface area contributed by atoms with Crippen LogP contribution < -0.4 is 0 Å². The van der Waals surface area contributed by atoms with Crippen molar-refractivity contribution < 1.29 is 31.5 Å². The number of nitriles is 1. The predicted molar refractivity (Wildman–Crippen MR) is 74.9 cm³/mol. The minimum atomic E-state index is -4.84. The van der Waals surface area contributed by atoms with Gasteiger partial charge in [0.25, 0.3) is 0 Å². The first-order chi connectivity index (χ1) is 11.2. The molecule has 2 unspecified atom stereocenters. The molecule has 0 aliphatic rings. The molecule has 0 bridgehead atoms. The van der Waals surface area contributed by atoms with Gasteiger partial charge in [-0.3, -0.25) is 4.79 Å². The Kier molecular flexibility index (Phi) is 7.14. The van der Waals surface area contributed by atoms with Crippen LogP contribution in [0.4, 0.5) is 22.0 Å². The lowest BCUT2D eigenvalue weighted by Gasteiger charge is -2.17. The molecule has 0 heterocycles. The van der Waals surface area contributed by atoms with Crippen LogP contribution in [0.15, 0.2) is 18.2 Å². The van der Waals surface area contributed by atoms with Crippen LogP contribution in [0.25, 0.3) is 0 Å². The van der Waals surface area contributed by atoms with Crippen molar-refractivity contribution in [1.29, 1.82) is 5.26 Å². The number of esters is 1. The first-order valence-electron chi connectivity index (χ1n) is 7.29. The smallest absolute Gasteiger partial charge is 0.416 e. The van der Waals surface area contributed by atoms with E-state index in [4.69, 9.17) is 5.26 Å². The number of carbonyl (C=O) groups is 1. The van der Waals surface area contributed by atoms with E-state index in [1.807, 2.05) is 0 Å². The molecule has 0 aromatic heterocycles. The molecule has 0 saturated carbocycles. The van der Waals surface area contributed by atoms with Crippen molar-refractivity contribution in [3.63, 3.8) is 0 Å². The molecule has 0 aliphatic heterocycles. The van der Waals surface area contributed by atoms with Gasteiger partial charge in [0.15, 0.2) is 0 Å². The number of rotatable bonds is 7. The topological polar surface area (TPSA) is 50.1 Å². The van der Waals surface area contributed by atoms with Crippen LogP contribution in [0.3, 0.4) is 0 Å². The second-order valence-electron chi connectivity index (χ2n) is 5.11. The maximum Gasteiger partial charge on any atom is 0.416 e. The largest absolute Gasteiger partial charge is 0.431 e. The predicted octanol–water partition coefficient (Wildman–Crippen LogP) is 4.87. The molecule has 0 aliphatic carbocycles. The molecule has 3 nitrogen and oxygen atoms in total. The number of alkyl halides is 4. The molecule has 0 saturated heterocycles. The van der Waals surface area contributed by atoms with Gasteiger partial charge < -0.3 is 4.74 Å². The highest BCUT2D eigenvalue weighted by Crippen LogP contribution is 2.37.